The van der Waals surface area contributed by atoms with E-state index >= 15 is 0 Å². The summed E-state index contributed by atoms with van der Waals surface area (Å²) < 4.78 is 0. The van der Waals surface area contributed by atoms with Gasteiger partial charge in [0.25, 0.3) is 0 Å². The maximum Gasteiger partial charge on any atom is 0.240 e. The highest BCUT2D eigenvalue weighted by Crippen LogP contribution is 2.47. The van der Waals surface area contributed by atoms with Crippen molar-refractivity contribution in [3.05, 3.63) is 28.8 Å². The molecular formula is C16H15ClN2O2. The number of rotatable bonds is 1. The Morgan fingerprint density at radius 3 is 2.57 bits per heavy atom. The van der Waals surface area contributed by atoms with Crippen molar-refractivity contribution in [3.63, 3.8) is 0 Å². The van der Waals surface area contributed by atoms with Crippen LogP contribution in [0.2, 0.25) is 5.02 Å². The van der Waals surface area contributed by atoms with Crippen LogP contribution in [0.5, 0.6) is 0 Å². The third kappa shape index (κ3) is 2.22. The first-order chi connectivity index (χ1) is 10.1. The van der Waals surface area contributed by atoms with Crippen LogP contribution in [0, 0.1) is 16.7 Å². The number of imide groups is 1. The van der Waals surface area contributed by atoms with Gasteiger partial charge in [-0.05, 0) is 31.0 Å². The predicted molar refractivity (Wildman–Crippen MR) is 78.8 cm³/mol. The summed E-state index contributed by atoms with van der Waals surface area (Å²) in [5.41, 5.74) is 0.189. The zero-order chi connectivity index (χ0) is 15.0. The van der Waals surface area contributed by atoms with Crippen LogP contribution in [0.1, 0.15) is 44.1 Å². The van der Waals surface area contributed by atoms with Gasteiger partial charge in [-0.25, -0.2) is 4.90 Å². The molecule has 4 nitrogen and oxygen atoms in total. The summed E-state index contributed by atoms with van der Waals surface area (Å²) in [6.07, 6.45) is 4.89. The molecule has 0 N–H and O–H groups in total. The second-order valence-electron chi connectivity index (χ2n) is 5.83. The normalized spacial score (nSPS) is 20.9. The lowest BCUT2D eigenvalue weighted by Gasteiger charge is -2.30. The topological polar surface area (TPSA) is 61.2 Å². The van der Waals surface area contributed by atoms with Crippen molar-refractivity contribution in [2.45, 2.75) is 38.5 Å². The van der Waals surface area contributed by atoms with E-state index in [-0.39, 0.29) is 18.2 Å². The van der Waals surface area contributed by atoms with Crippen molar-refractivity contribution in [2.24, 2.45) is 5.41 Å². The number of hydrogen-bond acceptors (Lipinski definition) is 3. The number of amides is 2. The quantitative estimate of drug-likeness (QED) is 0.747. The van der Waals surface area contributed by atoms with E-state index in [0.717, 1.165) is 32.1 Å². The highest BCUT2D eigenvalue weighted by molar-refractivity contribution is 6.36. The van der Waals surface area contributed by atoms with Crippen molar-refractivity contribution >= 4 is 29.1 Å². The summed E-state index contributed by atoms with van der Waals surface area (Å²) in [6.45, 7) is 0. The van der Waals surface area contributed by atoms with Crippen molar-refractivity contribution in [1.29, 1.82) is 5.26 Å². The number of nitriles is 1. The Bertz CT molecular complexity index is 657. The van der Waals surface area contributed by atoms with E-state index in [1.807, 2.05) is 6.07 Å². The zero-order valence-electron chi connectivity index (χ0n) is 11.6. The Labute approximate surface area is 128 Å². The lowest BCUT2D eigenvalue weighted by atomic mass is 9.73. The molecule has 1 spiro atoms. The first kappa shape index (κ1) is 14.1. The van der Waals surface area contributed by atoms with Crippen LogP contribution in [0.25, 0.3) is 0 Å². The zero-order valence-corrected chi connectivity index (χ0v) is 12.3. The minimum atomic E-state index is -0.540. The second kappa shape index (κ2) is 5.16. The van der Waals surface area contributed by atoms with Crippen LogP contribution in [0.15, 0.2) is 18.2 Å². The predicted octanol–water partition coefficient (Wildman–Crippen LogP) is 3.43. The third-order valence-electron chi connectivity index (χ3n) is 4.52. The summed E-state index contributed by atoms with van der Waals surface area (Å²) in [4.78, 5) is 26.4. The molecule has 0 bridgehead atoms. The van der Waals surface area contributed by atoms with Crippen LogP contribution < -0.4 is 4.90 Å². The van der Waals surface area contributed by atoms with E-state index < -0.39 is 5.41 Å². The molecule has 0 unspecified atom stereocenters. The molecule has 2 fully saturated rings. The SMILES string of the molecule is N#Cc1ccc(Cl)c(N2C(=O)CC3(CCCCC3)C2=O)c1. The molecule has 2 aliphatic rings. The van der Waals surface area contributed by atoms with Crippen LogP contribution in [-0.4, -0.2) is 11.8 Å². The molecule has 0 aromatic heterocycles. The van der Waals surface area contributed by atoms with Crippen LogP contribution in [-0.2, 0) is 9.59 Å². The molecule has 1 saturated heterocycles. The van der Waals surface area contributed by atoms with Gasteiger partial charge in [-0.3, -0.25) is 9.59 Å². The third-order valence-corrected chi connectivity index (χ3v) is 4.84. The maximum atomic E-state index is 12.8. The first-order valence-corrected chi connectivity index (χ1v) is 7.52. The molecule has 21 heavy (non-hydrogen) atoms. The number of nitrogens with zero attached hydrogens (tertiary/aromatic N) is 2. The minimum Gasteiger partial charge on any atom is -0.274 e. The van der Waals surface area contributed by atoms with Gasteiger partial charge in [0.2, 0.25) is 11.8 Å². The van der Waals surface area contributed by atoms with E-state index in [0.29, 0.717) is 16.3 Å². The molecule has 3 rings (SSSR count). The Kier molecular flexibility index (Phi) is 3.46. The average molecular weight is 303 g/mol. The number of carbonyl (C=O) groups is 2. The van der Waals surface area contributed by atoms with Gasteiger partial charge in [-0.1, -0.05) is 30.9 Å². The van der Waals surface area contributed by atoms with Crippen LogP contribution in [0.3, 0.4) is 0 Å². The number of carbonyl (C=O) groups excluding carboxylic acids is 2. The molecule has 5 heteroatoms. The summed E-state index contributed by atoms with van der Waals surface area (Å²) in [6, 6.07) is 6.66. The maximum absolute atomic E-state index is 12.8. The largest absolute Gasteiger partial charge is 0.274 e. The van der Waals surface area contributed by atoms with E-state index in [2.05, 4.69) is 0 Å². The van der Waals surface area contributed by atoms with Crippen molar-refractivity contribution in [1.82, 2.24) is 0 Å². The summed E-state index contributed by atoms with van der Waals surface area (Å²) in [5.74, 6) is -0.358. The summed E-state index contributed by atoms with van der Waals surface area (Å²) in [7, 11) is 0. The van der Waals surface area contributed by atoms with E-state index in [4.69, 9.17) is 16.9 Å². The molecule has 1 aromatic carbocycles. The molecular weight excluding hydrogens is 288 g/mol. The van der Waals surface area contributed by atoms with Crippen molar-refractivity contribution in [2.75, 3.05) is 4.90 Å². The Balaban J connectivity index is 2.01. The first-order valence-electron chi connectivity index (χ1n) is 7.14. The highest BCUT2D eigenvalue weighted by Gasteiger charge is 2.52. The lowest BCUT2D eigenvalue weighted by Crippen LogP contribution is -2.37. The fourth-order valence-electron chi connectivity index (χ4n) is 3.41. The number of benzene rings is 1. The standard InChI is InChI=1S/C16H15ClN2O2/c17-12-5-4-11(10-18)8-13(12)19-14(20)9-16(15(19)21)6-2-1-3-7-16/h4-5,8H,1-3,6-7,9H2. The van der Waals surface area contributed by atoms with Gasteiger partial charge in [0, 0.05) is 6.42 Å². The van der Waals surface area contributed by atoms with E-state index in [1.54, 1.807) is 12.1 Å². The van der Waals surface area contributed by atoms with Gasteiger partial charge in [-0.15, -0.1) is 0 Å². The number of anilines is 1. The van der Waals surface area contributed by atoms with Crippen LogP contribution >= 0.6 is 11.6 Å². The van der Waals surface area contributed by atoms with Gasteiger partial charge in [0.15, 0.2) is 0 Å². The number of hydrogen-bond donors (Lipinski definition) is 0. The van der Waals surface area contributed by atoms with Gasteiger partial charge < -0.3 is 0 Å². The molecule has 2 amide bonds. The Hall–Kier alpha value is -1.86. The van der Waals surface area contributed by atoms with Gasteiger partial charge in [-0.2, -0.15) is 5.26 Å². The average Bonchev–Trinajstić information content (AvgIpc) is 2.72. The van der Waals surface area contributed by atoms with E-state index in [9.17, 15) is 9.59 Å². The molecule has 1 aromatic rings. The fraction of sp³-hybridized carbons (Fsp3) is 0.438. The fourth-order valence-corrected chi connectivity index (χ4v) is 3.61. The molecule has 1 aliphatic carbocycles. The molecule has 1 aliphatic heterocycles. The number of halogens is 1. The molecule has 1 heterocycles. The molecule has 1 saturated carbocycles. The minimum absolute atomic E-state index is 0.149. The van der Waals surface area contributed by atoms with Gasteiger partial charge in [0.05, 0.1) is 27.8 Å². The van der Waals surface area contributed by atoms with Crippen molar-refractivity contribution in [3.8, 4) is 6.07 Å². The Morgan fingerprint density at radius 2 is 1.90 bits per heavy atom. The van der Waals surface area contributed by atoms with Gasteiger partial charge in [0.1, 0.15) is 0 Å². The highest BCUT2D eigenvalue weighted by atomic mass is 35.5. The smallest absolute Gasteiger partial charge is 0.240 e. The molecule has 0 atom stereocenters. The lowest BCUT2D eigenvalue weighted by molar-refractivity contribution is -0.127. The second-order valence-corrected chi connectivity index (χ2v) is 6.24. The summed E-state index contributed by atoms with van der Waals surface area (Å²) in [5, 5.41) is 9.31. The van der Waals surface area contributed by atoms with E-state index in [1.165, 1.54) is 11.0 Å². The van der Waals surface area contributed by atoms with Gasteiger partial charge >= 0.3 is 0 Å². The summed E-state index contributed by atoms with van der Waals surface area (Å²) >= 11 is 6.14. The molecule has 0 radical (unpaired) electrons. The van der Waals surface area contributed by atoms with Crippen molar-refractivity contribution < 1.29 is 9.59 Å². The Morgan fingerprint density at radius 1 is 1.19 bits per heavy atom. The van der Waals surface area contributed by atoms with Crippen LogP contribution in [0.4, 0.5) is 5.69 Å². The monoisotopic (exact) mass is 302 g/mol. The molecule has 108 valence electrons.